The Balaban J connectivity index is 2.05. The Labute approximate surface area is 120 Å². The zero-order valence-corrected chi connectivity index (χ0v) is 12.9. The second kappa shape index (κ2) is 6.41. The Morgan fingerprint density at radius 2 is 2.05 bits per heavy atom. The van der Waals surface area contributed by atoms with Crippen molar-refractivity contribution in [1.29, 1.82) is 0 Å². The van der Waals surface area contributed by atoms with E-state index in [4.69, 9.17) is 9.47 Å². The fourth-order valence-corrected chi connectivity index (χ4v) is 5.08. The molecule has 2 rings (SSSR count). The van der Waals surface area contributed by atoms with Crippen molar-refractivity contribution in [2.75, 3.05) is 27.3 Å². The lowest BCUT2D eigenvalue weighted by atomic mass is 10.1. The van der Waals surface area contributed by atoms with Crippen LogP contribution in [0.25, 0.3) is 0 Å². The molecule has 1 heterocycles. The summed E-state index contributed by atoms with van der Waals surface area (Å²) in [7, 11) is -0.599. The summed E-state index contributed by atoms with van der Waals surface area (Å²) in [5.74, 6) is -0.946. The molecule has 1 aliphatic carbocycles. The number of ether oxygens (including phenoxy) is 2. The molecule has 6 nitrogen and oxygen atoms in total. The Bertz CT molecular complexity index is 444. The van der Waals surface area contributed by atoms with Crippen LogP contribution in [-0.4, -0.2) is 57.4 Å². The maximum Gasteiger partial charge on any atom is 0.310 e. The van der Waals surface area contributed by atoms with Crippen LogP contribution in [0.3, 0.4) is 0 Å². The molecule has 0 aromatic rings. The van der Waals surface area contributed by atoms with E-state index in [0.717, 1.165) is 19.3 Å². The topological polar surface area (TPSA) is 72.9 Å². The van der Waals surface area contributed by atoms with Gasteiger partial charge in [0.05, 0.1) is 24.4 Å². The zero-order valence-electron chi connectivity index (χ0n) is 12.1. The lowest BCUT2D eigenvalue weighted by Gasteiger charge is -2.26. The molecule has 0 amide bonds. The van der Waals surface area contributed by atoms with Gasteiger partial charge in [0.25, 0.3) is 0 Å². The first kappa shape index (κ1) is 15.7. The van der Waals surface area contributed by atoms with E-state index < -0.39 is 27.2 Å². The Morgan fingerprint density at radius 1 is 1.30 bits per heavy atom. The minimum Gasteiger partial charge on any atom is -0.469 e. The molecular weight excluding hydrogens is 282 g/mol. The molecule has 116 valence electrons. The number of sulfonamides is 1. The van der Waals surface area contributed by atoms with Crippen molar-refractivity contribution in [3.8, 4) is 0 Å². The van der Waals surface area contributed by atoms with Gasteiger partial charge in [-0.3, -0.25) is 4.79 Å². The SMILES string of the molecule is COC(=O)C1CCCC1S(=O)(=O)N(C)CC1CCCO1. The van der Waals surface area contributed by atoms with E-state index in [2.05, 4.69) is 0 Å². The summed E-state index contributed by atoms with van der Waals surface area (Å²) < 4.78 is 36.8. The van der Waals surface area contributed by atoms with E-state index in [1.54, 1.807) is 7.05 Å². The zero-order chi connectivity index (χ0) is 14.8. The molecule has 0 aromatic heterocycles. The van der Waals surface area contributed by atoms with Crippen molar-refractivity contribution in [2.45, 2.75) is 43.5 Å². The first-order chi connectivity index (χ1) is 9.46. The van der Waals surface area contributed by atoms with Crippen LogP contribution in [0.2, 0.25) is 0 Å². The average molecular weight is 305 g/mol. The second-order valence-corrected chi connectivity index (χ2v) is 7.82. The van der Waals surface area contributed by atoms with Crippen LogP contribution in [0.4, 0.5) is 0 Å². The first-order valence-corrected chi connectivity index (χ1v) is 8.61. The Kier molecular flexibility index (Phi) is 5.04. The fraction of sp³-hybridized carbons (Fsp3) is 0.923. The smallest absolute Gasteiger partial charge is 0.310 e. The number of methoxy groups -OCH3 is 1. The van der Waals surface area contributed by atoms with E-state index in [-0.39, 0.29) is 6.10 Å². The molecule has 2 fully saturated rings. The summed E-state index contributed by atoms with van der Waals surface area (Å²) in [6, 6.07) is 0. The van der Waals surface area contributed by atoms with Gasteiger partial charge >= 0.3 is 5.97 Å². The van der Waals surface area contributed by atoms with Crippen LogP contribution in [0.1, 0.15) is 32.1 Å². The summed E-state index contributed by atoms with van der Waals surface area (Å²) in [4.78, 5) is 11.7. The molecule has 7 heteroatoms. The highest BCUT2D eigenvalue weighted by atomic mass is 32.2. The Hall–Kier alpha value is -0.660. The molecule has 1 saturated heterocycles. The van der Waals surface area contributed by atoms with E-state index >= 15 is 0 Å². The van der Waals surface area contributed by atoms with Gasteiger partial charge in [0, 0.05) is 20.2 Å². The lowest BCUT2D eigenvalue weighted by molar-refractivity contribution is -0.145. The number of hydrogen-bond acceptors (Lipinski definition) is 5. The van der Waals surface area contributed by atoms with Crippen LogP contribution in [0, 0.1) is 5.92 Å². The predicted molar refractivity (Wildman–Crippen MR) is 73.7 cm³/mol. The standard InChI is InChI=1S/C13H23NO5S/c1-14(9-10-5-4-8-19-10)20(16,17)12-7-3-6-11(12)13(15)18-2/h10-12H,3-9H2,1-2H3. The normalized spacial score (nSPS) is 30.9. The largest absolute Gasteiger partial charge is 0.469 e. The van der Waals surface area contributed by atoms with Crippen molar-refractivity contribution in [1.82, 2.24) is 4.31 Å². The van der Waals surface area contributed by atoms with E-state index in [1.807, 2.05) is 0 Å². The monoisotopic (exact) mass is 305 g/mol. The van der Waals surface area contributed by atoms with Gasteiger partial charge in [0.15, 0.2) is 0 Å². The summed E-state index contributed by atoms with van der Waals surface area (Å²) in [5.41, 5.74) is 0. The van der Waals surface area contributed by atoms with Gasteiger partial charge in [0.2, 0.25) is 10.0 Å². The van der Waals surface area contributed by atoms with Gasteiger partial charge in [-0.05, 0) is 25.7 Å². The van der Waals surface area contributed by atoms with Gasteiger partial charge in [0.1, 0.15) is 0 Å². The molecule has 3 unspecified atom stereocenters. The fourth-order valence-electron chi connectivity index (χ4n) is 3.11. The van der Waals surface area contributed by atoms with Crippen LogP contribution < -0.4 is 0 Å². The highest BCUT2D eigenvalue weighted by molar-refractivity contribution is 7.89. The minimum atomic E-state index is -3.48. The first-order valence-electron chi connectivity index (χ1n) is 7.11. The van der Waals surface area contributed by atoms with Crippen molar-refractivity contribution >= 4 is 16.0 Å². The highest BCUT2D eigenvalue weighted by Gasteiger charge is 2.44. The number of esters is 1. The van der Waals surface area contributed by atoms with Crippen LogP contribution >= 0.6 is 0 Å². The van der Waals surface area contributed by atoms with Crippen LogP contribution in [-0.2, 0) is 24.3 Å². The lowest BCUT2D eigenvalue weighted by Crippen LogP contribution is -2.43. The number of hydrogen-bond donors (Lipinski definition) is 0. The molecule has 0 aromatic carbocycles. The van der Waals surface area contributed by atoms with Gasteiger partial charge in [-0.15, -0.1) is 0 Å². The summed E-state index contributed by atoms with van der Waals surface area (Å²) in [5, 5.41) is -0.652. The maximum atomic E-state index is 12.6. The van der Waals surface area contributed by atoms with Gasteiger partial charge < -0.3 is 9.47 Å². The van der Waals surface area contributed by atoms with Crippen molar-refractivity contribution in [2.24, 2.45) is 5.92 Å². The number of carbonyl (C=O) groups is 1. The van der Waals surface area contributed by atoms with Gasteiger partial charge in [-0.1, -0.05) is 6.42 Å². The van der Waals surface area contributed by atoms with E-state index in [1.165, 1.54) is 11.4 Å². The van der Waals surface area contributed by atoms with Crippen molar-refractivity contribution in [3.63, 3.8) is 0 Å². The average Bonchev–Trinajstić information content (AvgIpc) is 3.08. The predicted octanol–water partition coefficient (Wildman–Crippen LogP) is 0.769. The summed E-state index contributed by atoms with van der Waals surface area (Å²) >= 11 is 0. The molecule has 0 spiro atoms. The molecular formula is C13H23NO5S. The molecule has 0 N–H and O–H groups in total. The Morgan fingerprint density at radius 3 is 2.65 bits per heavy atom. The van der Waals surface area contributed by atoms with Gasteiger partial charge in [-0.2, -0.15) is 0 Å². The minimum absolute atomic E-state index is 0.0206. The number of nitrogens with zero attached hydrogens (tertiary/aromatic N) is 1. The molecule has 3 atom stereocenters. The summed E-state index contributed by atoms with van der Waals surface area (Å²) in [6.45, 7) is 1.07. The maximum absolute atomic E-state index is 12.6. The van der Waals surface area contributed by atoms with E-state index in [9.17, 15) is 13.2 Å². The third kappa shape index (κ3) is 3.15. The molecule has 0 radical (unpaired) electrons. The number of likely N-dealkylation sites (N-methyl/N-ethyl adjacent to an activating group) is 1. The van der Waals surface area contributed by atoms with Crippen molar-refractivity contribution < 1.29 is 22.7 Å². The van der Waals surface area contributed by atoms with Gasteiger partial charge in [-0.25, -0.2) is 12.7 Å². The number of rotatable bonds is 5. The molecule has 1 aliphatic heterocycles. The molecule has 1 saturated carbocycles. The number of carbonyl (C=O) groups excluding carboxylic acids is 1. The van der Waals surface area contributed by atoms with Crippen LogP contribution in [0.15, 0.2) is 0 Å². The molecule has 20 heavy (non-hydrogen) atoms. The van der Waals surface area contributed by atoms with E-state index in [0.29, 0.717) is 26.0 Å². The third-order valence-corrected chi connectivity index (χ3v) is 6.61. The summed E-state index contributed by atoms with van der Waals surface area (Å²) in [6.07, 6.45) is 3.71. The third-order valence-electron chi connectivity index (χ3n) is 4.26. The van der Waals surface area contributed by atoms with Crippen molar-refractivity contribution in [3.05, 3.63) is 0 Å². The molecule has 2 aliphatic rings. The molecule has 0 bridgehead atoms. The quantitative estimate of drug-likeness (QED) is 0.702. The van der Waals surface area contributed by atoms with Crippen LogP contribution in [0.5, 0.6) is 0 Å². The second-order valence-electron chi connectivity index (χ2n) is 5.56. The highest BCUT2D eigenvalue weighted by Crippen LogP contribution is 2.33.